The molecule has 1 atom stereocenters. The Morgan fingerprint density at radius 2 is 1.79 bits per heavy atom. The van der Waals surface area contributed by atoms with Crippen LogP contribution in [0.25, 0.3) is 0 Å². The van der Waals surface area contributed by atoms with Crippen molar-refractivity contribution in [2.24, 2.45) is 5.92 Å². The molecule has 0 aromatic heterocycles. The van der Waals surface area contributed by atoms with Crippen molar-refractivity contribution in [1.82, 2.24) is 10.2 Å². The predicted octanol–water partition coefficient (Wildman–Crippen LogP) is 4.39. The van der Waals surface area contributed by atoms with E-state index in [1.807, 2.05) is 32.0 Å². The first-order valence-electron chi connectivity index (χ1n) is 9.88. The summed E-state index contributed by atoms with van der Waals surface area (Å²) in [6, 6.07) is 12.7. The summed E-state index contributed by atoms with van der Waals surface area (Å²) in [7, 11) is 1.64. The Hall–Kier alpha value is -2.53. The minimum absolute atomic E-state index is 0.0154. The minimum Gasteiger partial charge on any atom is -0.496 e. The van der Waals surface area contributed by atoms with Crippen LogP contribution in [-0.4, -0.2) is 36.9 Å². The molecule has 29 heavy (non-hydrogen) atoms. The summed E-state index contributed by atoms with van der Waals surface area (Å²) in [4.78, 5) is 27.2. The minimum atomic E-state index is -0.147. The zero-order chi connectivity index (χ0) is 21.0. The molecule has 2 aromatic rings. The molecule has 154 valence electrons. The zero-order valence-electron chi connectivity index (χ0n) is 17.1. The third-order valence-corrected chi connectivity index (χ3v) is 5.71. The van der Waals surface area contributed by atoms with Crippen LogP contribution < -0.4 is 10.1 Å². The Labute approximate surface area is 177 Å². The van der Waals surface area contributed by atoms with Crippen LogP contribution in [0.15, 0.2) is 42.5 Å². The topological polar surface area (TPSA) is 58.6 Å². The summed E-state index contributed by atoms with van der Waals surface area (Å²) in [5, 5.41) is 3.72. The monoisotopic (exact) mass is 414 g/mol. The Kier molecular flexibility index (Phi) is 6.80. The molecule has 0 saturated carbocycles. The lowest BCUT2D eigenvalue weighted by Gasteiger charge is -2.32. The largest absolute Gasteiger partial charge is 0.496 e. The molecule has 0 bridgehead atoms. The molecular formula is C23H27ClN2O3. The second-order valence-electron chi connectivity index (χ2n) is 7.55. The summed E-state index contributed by atoms with van der Waals surface area (Å²) in [6.45, 7) is 5.13. The molecule has 1 saturated heterocycles. The third-order valence-electron chi connectivity index (χ3n) is 5.45. The molecule has 1 heterocycles. The Morgan fingerprint density at radius 3 is 2.41 bits per heavy atom. The first-order valence-corrected chi connectivity index (χ1v) is 10.3. The van der Waals surface area contributed by atoms with Crippen LogP contribution in [0, 0.1) is 12.8 Å². The molecule has 2 aromatic carbocycles. The van der Waals surface area contributed by atoms with Gasteiger partial charge in [-0.2, -0.15) is 0 Å². The number of halogens is 1. The van der Waals surface area contributed by atoms with E-state index in [1.165, 1.54) is 0 Å². The number of hydrogen-bond acceptors (Lipinski definition) is 3. The molecule has 3 rings (SSSR count). The van der Waals surface area contributed by atoms with Gasteiger partial charge in [0, 0.05) is 35.2 Å². The smallest absolute Gasteiger partial charge is 0.253 e. The van der Waals surface area contributed by atoms with Crippen molar-refractivity contribution < 1.29 is 14.3 Å². The van der Waals surface area contributed by atoms with Gasteiger partial charge in [-0.3, -0.25) is 9.59 Å². The summed E-state index contributed by atoms with van der Waals surface area (Å²) in [5.41, 5.74) is 2.71. The van der Waals surface area contributed by atoms with Crippen LogP contribution in [0.2, 0.25) is 5.02 Å². The molecule has 1 fully saturated rings. The number of hydrogen-bond donors (Lipinski definition) is 1. The summed E-state index contributed by atoms with van der Waals surface area (Å²) in [6.07, 6.45) is 1.31. The molecule has 0 unspecified atom stereocenters. The second-order valence-corrected chi connectivity index (χ2v) is 7.99. The van der Waals surface area contributed by atoms with Crippen LogP contribution in [0.4, 0.5) is 0 Å². The van der Waals surface area contributed by atoms with Gasteiger partial charge in [-0.15, -0.1) is 0 Å². The van der Waals surface area contributed by atoms with Crippen molar-refractivity contribution in [3.63, 3.8) is 0 Å². The van der Waals surface area contributed by atoms with Gasteiger partial charge in [0.25, 0.3) is 5.91 Å². The van der Waals surface area contributed by atoms with Crippen LogP contribution in [0.1, 0.15) is 47.3 Å². The quantitative estimate of drug-likeness (QED) is 0.789. The molecule has 6 heteroatoms. The zero-order valence-corrected chi connectivity index (χ0v) is 17.8. The number of nitrogens with zero attached hydrogens (tertiary/aromatic N) is 1. The van der Waals surface area contributed by atoms with E-state index < -0.39 is 0 Å². The lowest BCUT2D eigenvalue weighted by molar-refractivity contribution is -0.127. The fraction of sp³-hybridized carbons (Fsp3) is 0.391. The van der Waals surface area contributed by atoms with Gasteiger partial charge in [0.15, 0.2) is 0 Å². The number of rotatable bonds is 5. The third kappa shape index (κ3) is 5.10. The van der Waals surface area contributed by atoms with Crippen LogP contribution >= 0.6 is 11.6 Å². The van der Waals surface area contributed by atoms with E-state index in [0.717, 1.165) is 16.9 Å². The van der Waals surface area contributed by atoms with E-state index in [2.05, 4.69) is 5.32 Å². The summed E-state index contributed by atoms with van der Waals surface area (Å²) < 4.78 is 5.43. The normalized spacial score (nSPS) is 15.7. The SMILES string of the molecule is COc1ccc(C)cc1[C@H](C)NC(=O)C1CCN(C(=O)c2ccc(Cl)cc2)CC1. The van der Waals surface area contributed by atoms with E-state index in [-0.39, 0.29) is 23.8 Å². The van der Waals surface area contributed by atoms with Gasteiger partial charge in [-0.25, -0.2) is 0 Å². The van der Waals surface area contributed by atoms with Crippen molar-refractivity contribution in [3.8, 4) is 5.75 Å². The highest BCUT2D eigenvalue weighted by Crippen LogP contribution is 2.27. The Bertz CT molecular complexity index is 874. The van der Waals surface area contributed by atoms with Crippen molar-refractivity contribution in [1.29, 1.82) is 0 Å². The molecule has 1 aliphatic heterocycles. The first-order chi connectivity index (χ1) is 13.9. The van der Waals surface area contributed by atoms with Crippen LogP contribution in [-0.2, 0) is 4.79 Å². The number of nitrogens with one attached hydrogen (secondary N) is 1. The van der Waals surface area contributed by atoms with Crippen molar-refractivity contribution >= 4 is 23.4 Å². The average molecular weight is 415 g/mol. The average Bonchev–Trinajstić information content (AvgIpc) is 2.73. The second kappa shape index (κ2) is 9.31. The molecule has 2 amide bonds. The highest BCUT2D eigenvalue weighted by atomic mass is 35.5. The fourth-order valence-electron chi connectivity index (χ4n) is 3.72. The molecular weight excluding hydrogens is 388 g/mol. The molecule has 1 aliphatic rings. The van der Waals surface area contributed by atoms with E-state index >= 15 is 0 Å². The number of ether oxygens (including phenoxy) is 1. The number of carbonyl (C=O) groups is 2. The van der Waals surface area contributed by atoms with Crippen molar-refractivity contribution in [2.75, 3.05) is 20.2 Å². The number of methoxy groups -OCH3 is 1. The van der Waals surface area contributed by atoms with E-state index in [0.29, 0.717) is 36.5 Å². The maximum absolute atomic E-state index is 12.8. The number of likely N-dealkylation sites (tertiary alicyclic amines) is 1. The van der Waals surface area contributed by atoms with Gasteiger partial charge >= 0.3 is 0 Å². The standard InChI is InChI=1S/C23H27ClN2O3/c1-15-4-9-21(29-3)20(14-15)16(2)25-22(27)17-10-12-26(13-11-17)23(28)18-5-7-19(24)8-6-18/h4-9,14,16-17H,10-13H2,1-3H3,(H,25,27)/t16-/m0/s1. The van der Waals surface area contributed by atoms with Gasteiger partial charge in [0.05, 0.1) is 13.2 Å². The number of aryl methyl sites for hydroxylation is 1. The van der Waals surface area contributed by atoms with Gasteiger partial charge in [0.2, 0.25) is 5.91 Å². The lowest BCUT2D eigenvalue weighted by atomic mass is 9.94. The van der Waals surface area contributed by atoms with E-state index in [4.69, 9.17) is 16.3 Å². The fourth-order valence-corrected chi connectivity index (χ4v) is 3.85. The van der Waals surface area contributed by atoms with Crippen LogP contribution in [0.5, 0.6) is 5.75 Å². The maximum Gasteiger partial charge on any atom is 0.253 e. The molecule has 1 N–H and O–H groups in total. The maximum atomic E-state index is 12.8. The van der Waals surface area contributed by atoms with Gasteiger partial charge in [0.1, 0.15) is 5.75 Å². The first kappa shape index (κ1) is 21.2. The van der Waals surface area contributed by atoms with E-state index in [9.17, 15) is 9.59 Å². The van der Waals surface area contributed by atoms with Gasteiger partial charge < -0.3 is 15.0 Å². The molecule has 0 aliphatic carbocycles. The number of piperidine rings is 1. The van der Waals surface area contributed by atoms with Crippen molar-refractivity contribution in [2.45, 2.75) is 32.7 Å². The van der Waals surface area contributed by atoms with Crippen molar-refractivity contribution in [3.05, 3.63) is 64.2 Å². The predicted molar refractivity (Wildman–Crippen MR) is 114 cm³/mol. The van der Waals surface area contributed by atoms with Crippen LogP contribution in [0.3, 0.4) is 0 Å². The number of amides is 2. The van der Waals surface area contributed by atoms with Gasteiger partial charge in [-0.05, 0) is 57.0 Å². The highest BCUT2D eigenvalue weighted by molar-refractivity contribution is 6.30. The van der Waals surface area contributed by atoms with E-state index in [1.54, 1.807) is 36.3 Å². The molecule has 5 nitrogen and oxygen atoms in total. The van der Waals surface area contributed by atoms with Gasteiger partial charge in [-0.1, -0.05) is 29.3 Å². The highest BCUT2D eigenvalue weighted by Gasteiger charge is 2.29. The summed E-state index contributed by atoms with van der Waals surface area (Å²) >= 11 is 5.89. The summed E-state index contributed by atoms with van der Waals surface area (Å²) in [5.74, 6) is 0.687. The molecule has 0 spiro atoms. The molecule has 0 radical (unpaired) electrons. The number of benzene rings is 2. The number of carbonyl (C=O) groups excluding carboxylic acids is 2. The Balaban J connectivity index is 1.57. The Morgan fingerprint density at radius 1 is 1.14 bits per heavy atom. The lowest BCUT2D eigenvalue weighted by Crippen LogP contribution is -2.43.